The summed E-state index contributed by atoms with van der Waals surface area (Å²) in [5, 5.41) is 8.82. The van der Waals surface area contributed by atoms with Crippen molar-refractivity contribution in [3.63, 3.8) is 0 Å². The van der Waals surface area contributed by atoms with Crippen molar-refractivity contribution in [2.75, 3.05) is 25.6 Å². The Hall–Kier alpha value is -3.54. The maximum Gasteiger partial charge on any atom is 0.265 e. The van der Waals surface area contributed by atoms with Gasteiger partial charge in [0.25, 0.3) is 5.91 Å². The first-order valence-electron chi connectivity index (χ1n) is 8.94. The first-order chi connectivity index (χ1) is 13.7. The number of hydrogen-bond donors (Lipinski definition) is 1. The van der Waals surface area contributed by atoms with E-state index in [1.54, 1.807) is 19.2 Å². The van der Waals surface area contributed by atoms with Crippen LogP contribution >= 0.6 is 0 Å². The van der Waals surface area contributed by atoms with Crippen LogP contribution in [0.15, 0.2) is 65.8 Å². The van der Waals surface area contributed by atoms with Gasteiger partial charge in [-0.15, -0.1) is 0 Å². The Morgan fingerprint density at radius 3 is 2.64 bits per heavy atom. The van der Waals surface area contributed by atoms with E-state index in [1.165, 1.54) is 6.21 Å². The van der Waals surface area contributed by atoms with Crippen molar-refractivity contribution < 1.29 is 19.1 Å². The fourth-order valence-corrected chi connectivity index (χ4v) is 2.70. The predicted octanol–water partition coefficient (Wildman–Crippen LogP) is 4.24. The number of carbonyl (C=O) groups excluding carboxylic acids is 1. The van der Waals surface area contributed by atoms with Gasteiger partial charge in [-0.25, -0.2) is 0 Å². The monoisotopic (exact) mass is 378 g/mol. The van der Waals surface area contributed by atoms with Crippen molar-refractivity contribution in [3.8, 4) is 11.5 Å². The van der Waals surface area contributed by atoms with E-state index in [-0.39, 0.29) is 12.5 Å². The number of hydrogen-bond acceptors (Lipinski definition) is 5. The van der Waals surface area contributed by atoms with E-state index < -0.39 is 0 Å². The molecule has 1 N–H and O–H groups in total. The summed E-state index contributed by atoms with van der Waals surface area (Å²) in [6, 6.07) is 19.1. The third-order valence-electron chi connectivity index (χ3n) is 3.99. The number of carbonyl (C=O) groups is 1. The lowest BCUT2D eigenvalue weighted by Gasteiger charge is -2.09. The maximum absolute atomic E-state index is 12.0. The third kappa shape index (κ3) is 5.01. The van der Waals surface area contributed by atoms with Gasteiger partial charge in [0.2, 0.25) is 0 Å². The van der Waals surface area contributed by atoms with Gasteiger partial charge < -0.3 is 19.6 Å². The zero-order valence-electron chi connectivity index (χ0n) is 15.8. The number of anilines is 1. The van der Waals surface area contributed by atoms with Gasteiger partial charge in [-0.05, 0) is 48.0 Å². The molecule has 6 nitrogen and oxygen atoms in total. The summed E-state index contributed by atoms with van der Waals surface area (Å²) in [5.74, 6) is 0.995. The van der Waals surface area contributed by atoms with Crippen LogP contribution in [0, 0.1) is 0 Å². The van der Waals surface area contributed by atoms with Gasteiger partial charge in [0.1, 0.15) is 0 Å². The topological polar surface area (TPSA) is 69.2 Å². The first-order valence-corrected chi connectivity index (χ1v) is 8.94. The highest BCUT2D eigenvalue weighted by Gasteiger charge is 2.05. The molecule has 0 unspecified atom stereocenters. The Kier molecular flexibility index (Phi) is 6.46. The summed E-state index contributed by atoms with van der Waals surface area (Å²) in [4.78, 5) is 17.1. The van der Waals surface area contributed by atoms with Crippen molar-refractivity contribution in [2.24, 2.45) is 5.16 Å². The molecule has 3 aromatic carbocycles. The number of ether oxygens (including phenoxy) is 2. The molecule has 0 spiro atoms. The fraction of sp³-hybridized carbons (Fsp3) is 0.182. The summed E-state index contributed by atoms with van der Waals surface area (Å²) >= 11 is 0. The summed E-state index contributed by atoms with van der Waals surface area (Å²) < 4.78 is 10.8. The second-order valence-corrected chi connectivity index (χ2v) is 5.96. The molecule has 0 aliphatic carbocycles. The van der Waals surface area contributed by atoms with Crippen LogP contribution in [-0.2, 0) is 9.63 Å². The molecule has 0 saturated heterocycles. The highest BCUT2D eigenvalue weighted by atomic mass is 16.6. The van der Waals surface area contributed by atoms with Gasteiger partial charge in [0.05, 0.1) is 19.9 Å². The van der Waals surface area contributed by atoms with E-state index in [9.17, 15) is 4.79 Å². The molecule has 0 fully saturated rings. The number of rotatable bonds is 8. The molecular formula is C22H22N2O4. The van der Waals surface area contributed by atoms with Crippen molar-refractivity contribution in [1.82, 2.24) is 0 Å². The number of oxime groups is 1. The minimum absolute atomic E-state index is 0.183. The smallest absolute Gasteiger partial charge is 0.265 e. The Morgan fingerprint density at radius 2 is 1.86 bits per heavy atom. The lowest BCUT2D eigenvalue weighted by Crippen LogP contribution is -2.16. The van der Waals surface area contributed by atoms with Gasteiger partial charge in [0, 0.05) is 11.3 Å². The number of methoxy groups -OCH3 is 1. The number of amides is 1. The van der Waals surface area contributed by atoms with Crippen LogP contribution in [0.1, 0.15) is 12.5 Å². The van der Waals surface area contributed by atoms with Crippen LogP contribution < -0.4 is 14.8 Å². The second-order valence-electron chi connectivity index (χ2n) is 5.96. The predicted molar refractivity (Wildman–Crippen MR) is 110 cm³/mol. The molecule has 3 aromatic rings. The Morgan fingerprint density at radius 1 is 1.04 bits per heavy atom. The molecule has 0 heterocycles. The molecule has 0 aromatic heterocycles. The Labute approximate surface area is 163 Å². The largest absolute Gasteiger partial charge is 0.493 e. The van der Waals surface area contributed by atoms with Crippen LogP contribution in [0.4, 0.5) is 5.69 Å². The van der Waals surface area contributed by atoms with E-state index in [4.69, 9.17) is 14.3 Å². The van der Waals surface area contributed by atoms with Crippen LogP contribution in [0.5, 0.6) is 11.5 Å². The normalized spacial score (nSPS) is 10.8. The molecule has 144 valence electrons. The van der Waals surface area contributed by atoms with E-state index in [2.05, 4.69) is 10.5 Å². The Balaban J connectivity index is 1.53. The number of benzene rings is 3. The van der Waals surface area contributed by atoms with Gasteiger partial charge in [-0.1, -0.05) is 35.5 Å². The SMILES string of the molecule is CCOc1ccc(/C=N\OCC(=O)Nc2ccc3ccccc3c2)cc1OC. The van der Waals surface area contributed by atoms with Crippen molar-refractivity contribution in [1.29, 1.82) is 0 Å². The molecule has 0 saturated carbocycles. The lowest BCUT2D eigenvalue weighted by atomic mass is 10.1. The second kappa shape index (κ2) is 9.41. The zero-order valence-corrected chi connectivity index (χ0v) is 15.8. The van der Waals surface area contributed by atoms with Crippen molar-refractivity contribution in [2.45, 2.75) is 6.92 Å². The van der Waals surface area contributed by atoms with E-state index in [1.807, 2.05) is 55.5 Å². The zero-order chi connectivity index (χ0) is 19.8. The molecule has 0 aliphatic rings. The lowest BCUT2D eigenvalue weighted by molar-refractivity contribution is -0.120. The summed E-state index contributed by atoms with van der Waals surface area (Å²) in [6.07, 6.45) is 1.52. The highest BCUT2D eigenvalue weighted by molar-refractivity contribution is 5.95. The molecule has 28 heavy (non-hydrogen) atoms. The van der Waals surface area contributed by atoms with Gasteiger partial charge in [0.15, 0.2) is 18.1 Å². The first kappa shape index (κ1) is 19.2. The van der Waals surface area contributed by atoms with E-state index in [0.29, 0.717) is 23.8 Å². The average Bonchev–Trinajstić information content (AvgIpc) is 2.72. The molecule has 0 atom stereocenters. The minimum atomic E-state index is -0.281. The minimum Gasteiger partial charge on any atom is -0.493 e. The number of nitrogens with one attached hydrogen (secondary N) is 1. The van der Waals surface area contributed by atoms with E-state index >= 15 is 0 Å². The van der Waals surface area contributed by atoms with Gasteiger partial charge in [-0.3, -0.25) is 4.79 Å². The highest BCUT2D eigenvalue weighted by Crippen LogP contribution is 2.27. The van der Waals surface area contributed by atoms with Crippen LogP contribution in [0.25, 0.3) is 10.8 Å². The molecular weight excluding hydrogens is 356 g/mol. The third-order valence-corrected chi connectivity index (χ3v) is 3.99. The summed E-state index contributed by atoms with van der Waals surface area (Å²) in [5.41, 5.74) is 1.49. The molecule has 6 heteroatoms. The van der Waals surface area contributed by atoms with Gasteiger partial charge in [-0.2, -0.15) is 0 Å². The maximum atomic E-state index is 12.0. The number of fused-ring (bicyclic) bond motifs is 1. The number of nitrogens with zero attached hydrogens (tertiary/aromatic N) is 1. The van der Waals surface area contributed by atoms with Crippen molar-refractivity contribution in [3.05, 3.63) is 66.2 Å². The van der Waals surface area contributed by atoms with Crippen LogP contribution in [0.2, 0.25) is 0 Å². The molecule has 1 amide bonds. The Bertz CT molecular complexity index is 985. The molecule has 0 bridgehead atoms. The summed E-state index contributed by atoms with van der Waals surface area (Å²) in [7, 11) is 1.58. The quantitative estimate of drug-likeness (QED) is 0.470. The fourth-order valence-electron chi connectivity index (χ4n) is 2.70. The molecule has 3 rings (SSSR count). The standard InChI is InChI=1S/C22H22N2O4/c1-3-27-20-11-8-16(12-21(20)26-2)14-23-28-15-22(25)24-19-10-9-17-6-4-5-7-18(17)13-19/h4-14H,3,15H2,1-2H3,(H,24,25)/b23-14-. The average molecular weight is 378 g/mol. The molecule has 0 radical (unpaired) electrons. The van der Waals surface area contributed by atoms with Gasteiger partial charge >= 0.3 is 0 Å². The summed E-state index contributed by atoms with van der Waals surface area (Å²) in [6.45, 7) is 2.28. The van der Waals surface area contributed by atoms with E-state index in [0.717, 1.165) is 16.3 Å². The molecule has 0 aliphatic heterocycles. The van der Waals surface area contributed by atoms with Crippen LogP contribution in [-0.4, -0.2) is 32.4 Å². The van der Waals surface area contributed by atoms with Crippen molar-refractivity contribution >= 4 is 28.6 Å². The van der Waals surface area contributed by atoms with Crippen LogP contribution in [0.3, 0.4) is 0 Å².